The summed E-state index contributed by atoms with van der Waals surface area (Å²) in [5, 5.41) is 10.8. The number of benzene rings is 1. The predicted octanol–water partition coefficient (Wildman–Crippen LogP) is -2.87. The molecule has 0 unspecified atom stereocenters. The number of carbonyl (C=O) groups excluding carboxylic acids is 1. The Morgan fingerprint density at radius 2 is 1.90 bits per heavy atom. The van der Waals surface area contributed by atoms with Crippen molar-refractivity contribution in [1.29, 1.82) is 0 Å². The normalized spacial score (nSPS) is 9.05. The summed E-state index contributed by atoms with van der Waals surface area (Å²) >= 11 is 0. The van der Waals surface area contributed by atoms with E-state index in [1.165, 1.54) is 24.5 Å². The van der Waals surface area contributed by atoms with Crippen molar-refractivity contribution in [3.8, 4) is 11.8 Å². The van der Waals surface area contributed by atoms with Gasteiger partial charge in [0.1, 0.15) is 0 Å². The summed E-state index contributed by atoms with van der Waals surface area (Å²) in [6.45, 7) is 1.85. The van der Waals surface area contributed by atoms with E-state index < -0.39 is 5.97 Å². The van der Waals surface area contributed by atoms with Gasteiger partial charge >= 0.3 is 51.4 Å². The first kappa shape index (κ1) is 16.8. The quantitative estimate of drug-likeness (QED) is 0.450. The number of aromatic carboxylic acids is 1. The Kier molecular flexibility index (Phi) is 6.33. The zero-order valence-electron chi connectivity index (χ0n) is 11.2. The van der Waals surface area contributed by atoms with Crippen molar-refractivity contribution >= 4 is 11.9 Å². The van der Waals surface area contributed by atoms with Gasteiger partial charge in [0.05, 0.1) is 11.5 Å². The molecule has 1 aromatic heterocycles. The number of aromatic nitrogens is 2. The molecular formula is C14H10KN3O2. The van der Waals surface area contributed by atoms with Crippen LogP contribution < -0.4 is 62.2 Å². The van der Waals surface area contributed by atoms with Gasteiger partial charge in [-0.15, -0.1) is 0 Å². The van der Waals surface area contributed by atoms with Gasteiger partial charge in [0.2, 0.25) is 5.95 Å². The standard InChI is InChI=1S/C14H11N3O2.K/c1-9-2-4-12(13(18)19)6-11(9)5-3-10-7-16-14(15)17-8-10;/h2,4,6-8H,1H3,(H,18,19)(H2,15,16,17);/q;+1/p-1. The summed E-state index contributed by atoms with van der Waals surface area (Å²) in [5.74, 6) is 4.69. The molecule has 5 nitrogen and oxygen atoms in total. The molecule has 0 aliphatic carbocycles. The number of nitrogen functional groups attached to an aromatic ring is 1. The summed E-state index contributed by atoms with van der Waals surface area (Å²) in [6.07, 6.45) is 3.01. The molecule has 0 aliphatic heterocycles. The van der Waals surface area contributed by atoms with E-state index >= 15 is 0 Å². The van der Waals surface area contributed by atoms with Crippen molar-refractivity contribution in [2.45, 2.75) is 6.92 Å². The SMILES string of the molecule is Cc1ccc(C(=O)[O-])cc1C#Cc1cnc(N)nc1.[K+]. The minimum Gasteiger partial charge on any atom is -0.545 e. The molecule has 2 rings (SSSR count). The third-order valence-corrected chi connectivity index (χ3v) is 2.49. The summed E-state index contributed by atoms with van der Waals surface area (Å²) in [7, 11) is 0. The van der Waals surface area contributed by atoms with Gasteiger partial charge in [0.25, 0.3) is 0 Å². The van der Waals surface area contributed by atoms with Crippen molar-refractivity contribution in [2.24, 2.45) is 0 Å². The molecule has 6 heteroatoms. The summed E-state index contributed by atoms with van der Waals surface area (Å²) in [6, 6.07) is 4.66. The van der Waals surface area contributed by atoms with E-state index in [2.05, 4.69) is 21.8 Å². The largest absolute Gasteiger partial charge is 1.00 e. The number of carboxylic acid groups (broad SMARTS) is 1. The molecule has 0 fully saturated rings. The van der Waals surface area contributed by atoms with Crippen molar-refractivity contribution in [1.82, 2.24) is 9.97 Å². The Morgan fingerprint density at radius 3 is 2.50 bits per heavy atom. The van der Waals surface area contributed by atoms with Crippen LogP contribution in [-0.2, 0) is 0 Å². The number of rotatable bonds is 1. The molecule has 0 bridgehead atoms. The molecular weight excluding hydrogens is 281 g/mol. The Bertz CT molecular complexity index is 688. The van der Waals surface area contributed by atoms with Gasteiger partial charge in [-0.1, -0.05) is 24.0 Å². The van der Waals surface area contributed by atoms with Gasteiger partial charge < -0.3 is 15.6 Å². The van der Waals surface area contributed by atoms with Crippen LogP contribution in [0.3, 0.4) is 0 Å². The number of hydrogen-bond donors (Lipinski definition) is 1. The number of aryl methyl sites for hydroxylation is 1. The third kappa shape index (κ3) is 4.40. The van der Waals surface area contributed by atoms with Crippen LogP contribution in [0.1, 0.15) is 27.0 Å². The maximum atomic E-state index is 10.8. The number of carbonyl (C=O) groups is 1. The third-order valence-electron chi connectivity index (χ3n) is 2.49. The topological polar surface area (TPSA) is 91.9 Å². The Morgan fingerprint density at radius 1 is 1.25 bits per heavy atom. The Balaban J connectivity index is 0.00000200. The zero-order chi connectivity index (χ0) is 13.8. The van der Waals surface area contributed by atoms with Gasteiger partial charge in [-0.2, -0.15) is 0 Å². The van der Waals surface area contributed by atoms with Crippen molar-refractivity contribution in [2.75, 3.05) is 5.73 Å². The smallest absolute Gasteiger partial charge is 0.545 e. The predicted molar refractivity (Wildman–Crippen MR) is 67.9 cm³/mol. The first-order valence-electron chi connectivity index (χ1n) is 5.48. The monoisotopic (exact) mass is 291 g/mol. The van der Waals surface area contributed by atoms with Gasteiger partial charge in [-0.25, -0.2) is 9.97 Å². The summed E-state index contributed by atoms with van der Waals surface area (Å²) < 4.78 is 0. The second-order valence-electron chi connectivity index (χ2n) is 3.90. The van der Waals surface area contributed by atoms with Crippen molar-refractivity contribution < 1.29 is 61.3 Å². The molecule has 2 N–H and O–H groups in total. The van der Waals surface area contributed by atoms with Gasteiger partial charge in [0, 0.05) is 18.0 Å². The average molecular weight is 291 g/mol. The van der Waals surface area contributed by atoms with E-state index in [1.807, 2.05) is 6.92 Å². The van der Waals surface area contributed by atoms with Crippen molar-refractivity contribution in [3.63, 3.8) is 0 Å². The Hall–Kier alpha value is -1.23. The molecule has 0 saturated heterocycles. The van der Waals surface area contributed by atoms with Crippen LogP contribution >= 0.6 is 0 Å². The van der Waals surface area contributed by atoms with Crippen LogP contribution in [0.15, 0.2) is 30.6 Å². The fraction of sp³-hybridized carbons (Fsp3) is 0.0714. The van der Waals surface area contributed by atoms with E-state index in [1.54, 1.807) is 6.07 Å². The molecule has 20 heavy (non-hydrogen) atoms. The maximum Gasteiger partial charge on any atom is 1.00 e. The van der Waals surface area contributed by atoms with E-state index in [-0.39, 0.29) is 62.9 Å². The number of hydrogen-bond acceptors (Lipinski definition) is 5. The van der Waals surface area contributed by atoms with E-state index in [0.717, 1.165) is 5.56 Å². The van der Waals surface area contributed by atoms with Gasteiger partial charge in [0.15, 0.2) is 0 Å². The second kappa shape index (κ2) is 7.52. The molecule has 1 aromatic carbocycles. The Labute approximate surface area is 159 Å². The van der Waals surface area contributed by atoms with Gasteiger partial charge in [-0.3, -0.25) is 0 Å². The molecule has 2 aromatic rings. The second-order valence-corrected chi connectivity index (χ2v) is 3.90. The maximum absolute atomic E-state index is 10.8. The number of anilines is 1. The van der Waals surface area contributed by atoms with Crippen LogP contribution in [-0.4, -0.2) is 15.9 Å². The van der Waals surface area contributed by atoms with Crippen molar-refractivity contribution in [3.05, 3.63) is 52.8 Å². The minimum absolute atomic E-state index is 0. The first-order valence-corrected chi connectivity index (χ1v) is 5.48. The van der Waals surface area contributed by atoms with Crippen LogP contribution in [0.4, 0.5) is 5.95 Å². The fourth-order valence-corrected chi connectivity index (χ4v) is 1.43. The zero-order valence-corrected chi connectivity index (χ0v) is 14.3. The van der Waals surface area contributed by atoms with Crippen LogP contribution in [0.5, 0.6) is 0 Å². The number of nitrogens with two attached hydrogens (primary N) is 1. The molecule has 0 amide bonds. The minimum atomic E-state index is -1.22. The molecule has 0 saturated carbocycles. The molecule has 0 atom stereocenters. The number of carboxylic acids is 1. The fourth-order valence-electron chi connectivity index (χ4n) is 1.43. The molecule has 0 spiro atoms. The summed E-state index contributed by atoms with van der Waals surface area (Å²) in [5.41, 5.74) is 7.58. The van der Waals surface area contributed by atoms with E-state index in [4.69, 9.17) is 5.73 Å². The number of nitrogens with zero attached hydrogens (tertiary/aromatic N) is 2. The van der Waals surface area contributed by atoms with E-state index in [0.29, 0.717) is 11.1 Å². The van der Waals surface area contributed by atoms with Gasteiger partial charge in [-0.05, 0) is 24.1 Å². The molecule has 94 valence electrons. The summed E-state index contributed by atoms with van der Waals surface area (Å²) in [4.78, 5) is 18.4. The van der Waals surface area contributed by atoms with E-state index in [9.17, 15) is 9.90 Å². The molecule has 1 heterocycles. The molecule has 0 radical (unpaired) electrons. The first-order chi connectivity index (χ1) is 9.06. The van der Waals surface area contributed by atoms with Crippen LogP contribution in [0.25, 0.3) is 0 Å². The van der Waals surface area contributed by atoms with Crippen LogP contribution in [0.2, 0.25) is 0 Å². The average Bonchev–Trinajstić information content (AvgIpc) is 2.39. The van der Waals surface area contributed by atoms with Crippen LogP contribution in [0, 0.1) is 18.8 Å². The molecule has 0 aliphatic rings.